The molecule has 0 fully saturated rings. The fraction of sp³-hybridized carbons (Fsp3) is 0.214. The van der Waals surface area contributed by atoms with E-state index in [-0.39, 0.29) is 29.9 Å². The van der Waals surface area contributed by atoms with Crippen LogP contribution in [0.3, 0.4) is 0 Å². The lowest BCUT2D eigenvalue weighted by atomic mass is 10.0. The van der Waals surface area contributed by atoms with Crippen molar-refractivity contribution < 1.29 is 23.9 Å². The normalized spacial score (nSPS) is 13.4. The van der Waals surface area contributed by atoms with Crippen LogP contribution in [0.5, 0.6) is 0 Å². The van der Waals surface area contributed by atoms with Gasteiger partial charge in [-0.05, 0) is 61.7 Å². The van der Waals surface area contributed by atoms with E-state index in [1.54, 1.807) is 81.4 Å². The summed E-state index contributed by atoms with van der Waals surface area (Å²) in [5.41, 5.74) is 3.64. The molecule has 0 radical (unpaired) electrons. The van der Waals surface area contributed by atoms with Crippen molar-refractivity contribution in [1.29, 1.82) is 0 Å². The highest BCUT2D eigenvalue weighted by atomic mass is 35.5. The Morgan fingerprint density at radius 1 is 0.944 bits per heavy atom. The number of nitrogens with one attached hydrogen (secondary N) is 1. The molecule has 1 atom stereocenters. The largest absolute Gasteiger partial charge is 0.464 e. The number of benzene rings is 3. The Hall–Kier alpha value is -3.97. The molecular formula is C28H25ClN2O5. The Morgan fingerprint density at radius 3 is 2.25 bits per heavy atom. The fourth-order valence-corrected chi connectivity index (χ4v) is 4.60. The van der Waals surface area contributed by atoms with Crippen molar-refractivity contribution in [2.24, 2.45) is 0 Å². The van der Waals surface area contributed by atoms with Gasteiger partial charge >= 0.3 is 5.97 Å². The standard InChI is InChI=1S/C28H25ClN2O5/c1-4-36-28(35)22(30-25(32)24-17(3)8-6-10-21(24)29)15-18-11-13-19(14-12-18)31-26(33)20-9-5-7-16(2)23(20)27(31)34/h5-14,22H,4,15H2,1-3H3,(H,30,32)/t22-/m0/s1. The number of esters is 1. The number of nitrogens with zero attached hydrogens (tertiary/aromatic N) is 1. The molecule has 3 amide bonds. The lowest BCUT2D eigenvalue weighted by molar-refractivity contribution is -0.145. The number of fused-ring (bicyclic) bond motifs is 1. The summed E-state index contributed by atoms with van der Waals surface area (Å²) in [5.74, 6) is -1.80. The van der Waals surface area contributed by atoms with Gasteiger partial charge in [0.05, 0.1) is 34.0 Å². The van der Waals surface area contributed by atoms with Crippen molar-refractivity contribution in [3.63, 3.8) is 0 Å². The molecule has 0 unspecified atom stereocenters. The smallest absolute Gasteiger partial charge is 0.328 e. The van der Waals surface area contributed by atoms with Crippen molar-refractivity contribution >= 4 is 41.0 Å². The molecule has 0 aromatic heterocycles. The van der Waals surface area contributed by atoms with Gasteiger partial charge in [-0.1, -0.05) is 48.0 Å². The zero-order valence-corrected chi connectivity index (χ0v) is 20.9. The van der Waals surface area contributed by atoms with Gasteiger partial charge in [-0.2, -0.15) is 0 Å². The van der Waals surface area contributed by atoms with E-state index in [1.807, 2.05) is 0 Å². The fourth-order valence-electron chi connectivity index (χ4n) is 4.29. The summed E-state index contributed by atoms with van der Waals surface area (Å²) in [6, 6.07) is 16.1. The molecule has 184 valence electrons. The minimum atomic E-state index is -0.957. The summed E-state index contributed by atoms with van der Waals surface area (Å²) in [5, 5.41) is 3.02. The molecule has 4 rings (SSSR count). The van der Waals surface area contributed by atoms with Crippen molar-refractivity contribution in [2.45, 2.75) is 33.2 Å². The monoisotopic (exact) mass is 504 g/mol. The maximum Gasteiger partial charge on any atom is 0.328 e. The predicted octanol–water partition coefficient (Wildman–Crippen LogP) is 4.66. The number of carbonyl (C=O) groups excluding carboxylic acids is 4. The van der Waals surface area contributed by atoms with Gasteiger partial charge in [0.1, 0.15) is 6.04 Å². The Kier molecular flexibility index (Phi) is 7.22. The first kappa shape index (κ1) is 25.1. The summed E-state index contributed by atoms with van der Waals surface area (Å²) in [4.78, 5) is 52.6. The molecule has 1 N–H and O–H groups in total. The Morgan fingerprint density at radius 2 is 1.61 bits per heavy atom. The average Bonchev–Trinajstić information content (AvgIpc) is 3.10. The van der Waals surface area contributed by atoms with Crippen LogP contribution in [-0.2, 0) is 16.0 Å². The molecular weight excluding hydrogens is 480 g/mol. The van der Waals surface area contributed by atoms with E-state index in [0.717, 1.165) is 10.5 Å². The zero-order valence-electron chi connectivity index (χ0n) is 20.1. The van der Waals surface area contributed by atoms with E-state index in [4.69, 9.17) is 16.3 Å². The molecule has 3 aromatic rings. The van der Waals surface area contributed by atoms with Crippen LogP contribution in [0.2, 0.25) is 5.02 Å². The maximum absolute atomic E-state index is 12.9. The molecule has 36 heavy (non-hydrogen) atoms. The Balaban J connectivity index is 1.55. The first-order chi connectivity index (χ1) is 17.2. The molecule has 7 nitrogen and oxygen atoms in total. The first-order valence-electron chi connectivity index (χ1n) is 11.5. The number of aryl methyl sites for hydroxylation is 2. The van der Waals surface area contributed by atoms with Crippen molar-refractivity contribution in [1.82, 2.24) is 5.32 Å². The number of anilines is 1. The van der Waals surface area contributed by atoms with Gasteiger partial charge in [0.25, 0.3) is 17.7 Å². The topological polar surface area (TPSA) is 92.8 Å². The highest BCUT2D eigenvalue weighted by Crippen LogP contribution is 2.30. The lowest BCUT2D eigenvalue weighted by Crippen LogP contribution is -2.43. The van der Waals surface area contributed by atoms with E-state index in [2.05, 4.69) is 5.32 Å². The number of rotatable bonds is 7. The maximum atomic E-state index is 12.9. The number of carbonyl (C=O) groups is 4. The van der Waals surface area contributed by atoms with Gasteiger partial charge in [0, 0.05) is 6.42 Å². The summed E-state index contributed by atoms with van der Waals surface area (Å²) in [6.45, 7) is 5.41. The summed E-state index contributed by atoms with van der Waals surface area (Å²) < 4.78 is 5.17. The van der Waals surface area contributed by atoms with Crippen LogP contribution in [0.25, 0.3) is 0 Å². The minimum Gasteiger partial charge on any atom is -0.464 e. The van der Waals surface area contributed by atoms with Gasteiger partial charge in [0.15, 0.2) is 0 Å². The number of halogens is 1. The SMILES string of the molecule is CCOC(=O)[C@H](Cc1ccc(N2C(=O)c3cccc(C)c3C2=O)cc1)NC(=O)c1c(C)cccc1Cl. The van der Waals surface area contributed by atoms with Crippen molar-refractivity contribution in [3.8, 4) is 0 Å². The van der Waals surface area contributed by atoms with E-state index < -0.39 is 17.9 Å². The van der Waals surface area contributed by atoms with Crippen molar-refractivity contribution in [3.05, 3.63) is 99.1 Å². The molecule has 0 saturated carbocycles. The van der Waals surface area contributed by atoms with Crippen LogP contribution in [0.15, 0.2) is 60.7 Å². The second kappa shape index (κ2) is 10.3. The summed E-state index contributed by atoms with van der Waals surface area (Å²) in [6.07, 6.45) is 0.148. The van der Waals surface area contributed by atoms with Crippen molar-refractivity contribution in [2.75, 3.05) is 11.5 Å². The van der Waals surface area contributed by atoms with Gasteiger partial charge < -0.3 is 10.1 Å². The highest BCUT2D eigenvalue weighted by molar-refractivity contribution is 6.35. The molecule has 3 aromatic carbocycles. The van der Waals surface area contributed by atoms with Crippen LogP contribution in [0.1, 0.15) is 54.7 Å². The van der Waals surface area contributed by atoms with Gasteiger partial charge in [-0.25, -0.2) is 9.69 Å². The second-order valence-corrected chi connectivity index (χ2v) is 8.93. The average molecular weight is 505 g/mol. The van der Waals surface area contributed by atoms with Gasteiger partial charge in [-0.3, -0.25) is 14.4 Å². The van der Waals surface area contributed by atoms with E-state index >= 15 is 0 Å². The zero-order chi connectivity index (χ0) is 26.0. The van der Waals surface area contributed by atoms with E-state index in [0.29, 0.717) is 33.5 Å². The van der Waals surface area contributed by atoms with Crippen LogP contribution >= 0.6 is 11.6 Å². The van der Waals surface area contributed by atoms with Crippen LogP contribution in [-0.4, -0.2) is 36.3 Å². The summed E-state index contributed by atoms with van der Waals surface area (Å²) >= 11 is 6.22. The van der Waals surface area contributed by atoms with Crippen LogP contribution in [0.4, 0.5) is 5.69 Å². The molecule has 0 aliphatic carbocycles. The third-order valence-corrected chi connectivity index (χ3v) is 6.40. The minimum absolute atomic E-state index is 0.148. The number of hydrogen-bond acceptors (Lipinski definition) is 5. The van der Waals surface area contributed by atoms with Gasteiger partial charge in [-0.15, -0.1) is 0 Å². The number of imide groups is 1. The Labute approximate surface area is 214 Å². The van der Waals surface area contributed by atoms with Crippen LogP contribution in [0, 0.1) is 13.8 Å². The summed E-state index contributed by atoms with van der Waals surface area (Å²) in [7, 11) is 0. The van der Waals surface area contributed by atoms with E-state index in [1.165, 1.54) is 0 Å². The quantitative estimate of drug-likeness (QED) is 0.373. The highest BCUT2D eigenvalue weighted by Gasteiger charge is 2.37. The second-order valence-electron chi connectivity index (χ2n) is 8.52. The first-order valence-corrected chi connectivity index (χ1v) is 11.9. The number of hydrogen-bond donors (Lipinski definition) is 1. The molecule has 0 saturated heterocycles. The molecule has 1 aliphatic heterocycles. The molecule has 1 aliphatic rings. The third-order valence-electron chi connectivity index (χ3n) is 6.08. The molecule has 8 heteroatoms. The third kappa shape index (κ3) is 4.75. The van der Waals surface area contributed by atoms with E-state index in [9.17, 15) is 19.2 Å². The molecule has 0 spiro atoms. The molecule has 1 heterocycles. The number of ether oxygens (including phenoxy) is 1. The lowest BCUT2D eigenvalue weighted by Gasteiger charge is -2.19. The number of amides is 3. The molecule has 0 bridgehead atoms. The van der Waals surface area contributed by atoms with Crippen LogP contribution < -0.4 is 10.2 Å². The van der Waals surface area contributed by atoms with Gasteiger partial charge in [0.2, 0.25) is 0 Å². The predicted molar refractivity (Wildman–Crippen MR) is 137 cm³/mol. The Bertz CT molecular complexity index is 1350.